The number of anilines is 1. The van der Waals surface area contributed by atoms with Gasteiger partial charge in [-0.15, -0.1) is 0 Å². The molecule has 0 spiro atoms. The van der Waals surface area contributed by atoms with Crippen LogP contribution in [0.5, 0.6) is 0 Å². The van der Waals surface area contributed by atoms with Gasteiger partial charge in [-0.3, -0.25) is 19.5 Å². The van der Waals surface area contributed by atoms with E-state index in [9.17, 15) is 24.3 Å². The fourth-order valence-corrected chi connectivity index (χ4v) is 4.60. The van der Waals surface area contributed by atoms with E-state index in [1.165, 1.54) is 24.3 Å². The average molecular weight is 446 g/mol. The van der Waals surface area contributed by atoms with Crippen molar-refractivity contribution in [2.75, 3.05) is 31.7 Å². The number of rotatable bonds is 13. The molecule has 12 heteroatoms. The summed E-state index contributed by atoms with van der Waals surface area (Å²) in [4.78, 5) is 35.7. The maximum Gasteiger partial charge on any atom is 0.347 e. The van der Waals surface area contributed by atoms with Gasteiger partial charge in [-0.25, -0.2) is 4.79 Å². The van der Waals surface area contributed by atoms with E-state index in [-0.39, 0.29) is 37.8 Å². The Morgan fingerprint density at radius 1 is 0.967 bits per heavy atom. The molecular weight excluding hydrogens is 419 g/mol. The van der Waals surface area contributed by atoms with E-state index in [1.807, 2.05) is 0 Å². The lowest BCUT2D eigenvalue weighted by molar-refractivity contribution is -0.384. The van der Waals surface area contributed by atoms with Gasteiger partial charge in [0, 0.05) is 17.8 Å². The highest BCUT2D eigenvalue weighted by molar-refractivity contribution is 7.55. The van der Waals surface area contributed by atoms with Crippen LogP contribution in [0.3, 0.4) is 0 Å². The summed E-state index contributed by atoms with van der Waals surface area (Å²) in [6, 6.07) is 3.63. The van der Waals surface area contributed by atoms with E-state index < -0.39 is 36.2 Å². The molecule has 0 heterocycles. The molecule has 0 saturated heterocycles. The van der Waals surface area contributed by atoms with E-state index in [0.717, 1.165) is 0 Å². The Bertz CT molecular complexity index is 759. The average Bonchev–Trinajstić information content (AvgIpc) is 2.68. The molecule has 0 amide bonds. The summed E-state index contributed by atoms with van der Waals surface area (Å²) in [7, 11) is -4.16. The molecule has 30 heavy (non-hydrogen) atoms. The maximum absolute atomic E-state index is 13.4. The number of benzene rings is 1. The van der Waals surface area contributed by atoms with Crippen LogP contribution in [-0.4, -0.2) is 55.0 Å². The molecule has 1 aromatic rings. The second kappa shape index (κ2) is 12.3. The van der Waals surface area contributed by atoms with E-state index in [4.69, 9.17) is 18.5 Å². The molecule has 0 saturated carbocycles. The molecule has 1 aromatic carbocycles. The molecule has 168 valence electrons. The lowest BCUT2D eigenvalue weighted by Crippen LogP contribution is -2.47. The van der Waals surface area contributed by atoms with Crippen LogP contribution < -0.4 is 5.32 Å². The molecule has 1 N–H and O–H groups in total. The molecule has 1 rings (SSSR count). The summed E-state index contributed by atoms with van der Waals surface area (Å²) in [6.45, 7) is 6.16. The van der Waals surface area contributed by atoms with Crippen molar-refractivity contribution >= 4 is 30.9 Å². The van der Waals surface area contributed by atoms with Crippen molar-refractivity contribution in [2.45, 2.75) is 39.4 Å². The monoisotopic (exact) mass is 446 g/mol. The molecule has 0 fully saturated rings. The van der Waals surface area contributed by atoms with Gasteiger partial charge in [0.15, 0.2) is 5.66 Å². The maximum atomic E-state index is 13.4. The number of hydrogen-bond donors (Lipinski definition) is 1. The molecule has 2 unspecified atom stereocenters. The van der Waals surface area contributed by atoms with Gasteiger partial charge >= 0.3 is 19.5 Å². The number of nitro benzene ring substituents is 1. The van der Waals surface area contributed by atoms with Crippen LogP contribution in [0.25, 0.3) is 0 Å². The standard InChI is InChI=1S/C18H27N2O9P/c1-5-26-17(21)15(19-13-9-11-14(12-10-13)20(23)24)16(18(22)27-6-2)30(25,28-7-3)29-8-4/h9-12,15-16,19H,5-8H2,1-4H3. The number of hydrogen-bond acceptors (Lipinski definition) is 10. The first kappa shape index (κ1) is 25.5. The predicted octanol–water partition coefficient (Wildman–Crippen LogP) is 3.14. The fraction of sp³-hybridized carbons (Fsp3) is 0.556. The number of esters is 2. The molecular formula is C18H27N2O9P. The van der Waals surface area contributed by atoms with Crippen LogP contribution in [-0.2, 0) is 32.7 Å². The Balaban J connectivity index is 3.44. The minimum atomic E-state index is -4.16. The third-order valence-electron chi connectivity index (χ3n) is 3.74. The molecule has 0 aliphatic carbocycles. The number of carbonyl (C=O) groups is 2. The second-order valence-corrected chi connectivity index (χ2v) is 7.90. The summed E-state index contributed by atoms with van der Waals surface area (Å²) in [5.74, 6) is -1.84. The first-order valence-electron chi connectivity index (χ1n) is 9.47. The van der Waals surface area contributed by atoms with E-state index in [1.54, 1.807) is 27.7 Å². The highest BCUT2D eigenvalue weighted by Crippen LogP contribution is 2.55. The quantitative estimate of drug-likeness (QED) is 0.208. The Morgan fingerprint density at radius 3 is 1.90 bits per heavy atom. The first-order chi connectivity index (χ1) is 14.2. The fourth-order valence-electron chi connectivity index (χ4n) is 2.59. The summed E-state index contributed by atoms with van der Waals surface area (Å²) in [5, 5.41) is 13.6. The number of nitrogens with one attached hydrogen (secondary N) is 1. The second-order valence-electron chi connectivity index (χ2n) is 5.75. The van der Waals surface area contributed by atoms with Crippen molar-refractivity contribution in [3.63, 3.8) is 0 Å². The predicted molar refractivity (Wildman–Crippen MR) is 108 cm³/mol. The molecule has 2 atom stereocenters. The topological polar surface area (TPSA) is 143 Å². The number of nitrogens with zero attached hydrogens (tertiary/aromatic N) is 1. The third kappa shape index (κ3) is 6.79. The first-order valence-corrected chi connectivity index (χ1v) is 11.1. The van der Waals surface area contributed by atoms with E-state index in [0.29, 0.717) is 0 Å². The normalized spacial score (nSPS) is 13.2. The number of non-ortho nitro benzene ring substituents is 1. The highest BCUT2D eigenvalue weighted by atomic mass is 31.2. The SMILES string of the molecule is CCOC(=O)C(Nc1ccc([N+](=O)[O-])cc1)C(C(=O)OCC)P(=O)(OCC)OCC. The van der Waals surface area contributed by atoms with Crippen molar-refractivity contribution < 1.29 is 37.6 Å². The van der Waals surface area contributed by atoms with Gasteiger partial charge in [0.25, 0.3) is 5.69 Å². The van der Waals surface area contributed by atoms with Gasteiger partial charge in [0.1, 0.15) is 6.04 Å². The van der Waals surface area contributed by atoms with E-state index >= 15 is 0 Å². The number of ether oxygens (including phenoxy) is 2. The van der Waals surface area contributed by atoms with Gasteiger partial charge < -0.3 is 23.8 Å². The molecule has 0 aliphatic rings. The zero-order valence-corrected chi connectivity index (χ0v) is 18.3. The largest absolute Gasteiger partial charge is 0.465 e. The molecule has 11 nitrogen and oxygen atoms in total. The van der Waals surface area contributed by atoms with Crippen LogP contribution in [0.15, 0.2) is 24.3 Å². The summed E-state index contributed by atoms with van der Waals surface area (Å²) in [6.07, 6.45) is 0. The van der Waals surface area contributed by atoms with Crippen LogP contribution in [0.2, 0.25) is 0 Å². The summed E-state index contributed by atoms with van der Waals surface area (Å²) < 4.78 is 34.1. The van der Waals surface area contributed by atoms with Crippen LogP contribution in [0.4, 0.5) is 11.4 Å². The van der Waals surface area contributed by atoms with Gasteiger partial charge in [-0.05, 0) is 39.8 Å². The zero-order chi connectivity index (χ0) is 22.7. The smallest absolute Gasteiger partial charge is 0.347 e. The minimum absolute atomic E-state index is 0.000389. The third-order valence-corrected chi connectivity index (χ3v) is 6.17. The van der Waals surface area contributed by atoms with Crippen molar-refractivity contribution in [3.05, 3.63) is 34.4 Å². The summed E-state index contributed by atoms with van der Waals surface area (Å²) in [5.41, 5.74) is -1.57. The molecule has 0 aliphatic heterocycles. The van der Waals surface area contributed by atoms with Gasteiger partial charge in [0.2, 0.25) is 0 Å². The van der Waals surface area contributed by atoms with Crippen molar-refractivity contribution in [3.8, 4) is 0 Å². The Kier molecular flexibility index (Phi) is 10.4. The van der Waals surface area contributed by atoms with Gasteiger partial charge in [-0.2, -0.15) is 0 Å². The van der Waals surface area contributed by atoms with Crippen molar-refractivity contribution in [1.82, 2.24) is 0 Å². The minimum Gasteiger partial charge on any atom is -0.465 e. The Morgan fingerprint density at radius 2 is 1.47 bits per heavy atom. The summed E-state index contributed by atoms with van der Waals surface area (Å²) >= 11 is 0. The molecule has 0 radical (unpaired) electrons. The zero-order valence-electron chi connectivity index (χ0n) is 17.4. The number of nitro groups is 1. The van der Waals surface area contributed by atoms with Crippen LogP contribution in [0, 0.1) is 10.1 Å². The van der Waals surface area contributed by atoms with Gasteiger partial charge in [0.05, 0.1) is 31.4 Å². The Labute approximate surface area is 174 Å². The number of carbonyl (C=O) groups excluding carboxylic acids is 2. The van der Waals surface area contributed by atoms with Crippen LogP contribution in [0.1, 0.15) is 27.7 Å². The lowest BCUT2D eigenvalue weighted by Gasteiger charge is -2.30. The lowest BCUT2D eigenvalue weighted by atomic mass is 10.1. The molecule has 0 bridgehead atoms. The van der Waals surface area contributed by atoms with Crippen LogP contribution >= 0.6 is 7.60 Å². The van der Waals surface area contributed by atoms with Crippen molar-refractivity contribution in [2.24, 2.45) is 0 Å². The van der Waals surface area contributed by atoms with Crippen molar-refractivity contribution in [1.29, 1.82) is 0 Å². The van der Waals surface area contributed by atoms with E-state index in [2.05, 4.69) is 5.32 Å². The highest BCUT2D eigenvalue weighted by Gasteiger charge is 2.51. The molecule has 0 aromatic heterocycles. The Hall–Kier alpha value is -2.49. The van der Waals surface area contributed by atoms with Gasteiger partial charge in [-0.1, -0.05) is 0 Å².